The molecule has 4 heteroatoms. The van der Waals surface area contributed by atoms with Crippen molar-refractivity contribution < 1.29 is 0 Å². The molecule has 1 rings (SSSR count). The minimum atomic E-state index is -1.18. The van der Waals surface area contributed by atoms with Crippen LogP contribution in [-0.2, 0) is 0 Å². The zero-order valence-electron chi connectivity index (χ0n) is 7.98. The molecule has 0 amide bonds. The molecule has 0 aromatic carbocycles. The van der Waals surface area contributed by atoms with Gasteiger partial charge in [0.05, 0.1) is 0 Å². The average Bonchev–Trinajstić information content (AvgIpc) is 2.09. The zero-order valence-corrected chi connectivity index (χ0v) is 11.0. The molecule has 0 bridgehead atoms. The van der Waals surface area contributed by atoms with Gasteiger partial charge in [0.15, 0.2) is 4.33 Å². The van der Waals surface area contributed by atoms with Crippen molar-refractivity contribution >= 4 is 46.4 Å². The van der Waals surface area contributed by atoms with Gasteiger partial charge in [0.2, 0.25) is 0 Å². The summed E-state index contributed by atoms with van der Waals surface area (Å²) in [7, 11) is 0. The van der Waals surface area contributed by atoms with E-state index in [4.69, 9.17) is 46.4 Å². The van der Waals surface area contributed by atoms with Crippen molar-refractivity contribution in [2.45, 2.75) is 23.0 Å². The number of halogens is 4. The van der Waals surface area contributed by atoms with Gasteiger partial charge in [-0.25, -0.2) is 0 Å². The summed E-state index contributed by atoms with van der Waals surface area (Å²) >= 11 is 24.0. The summed E-state index contributed by atoms with van der Waals surface area (Å²) < 4.78 is -1.18. The third-order valence-electron chi connectivity index (χ3n) is 2.89. The van der Waals surface area contributed by atoms with Crippen molar-refractivity contribution in [3.63, 3.8) is 0 Å². The van der Waals surface area contributed by atoms with E-state index in [9.17, 15) is 0 Å². The molecule has 0 aromatic rings. The normalized spacial score (nSPS) is 32.6. The lowest BCUT2D eigenvalue weighted by Gasteiger charge is -2.43. The minimum Gasteiger partial charge on any atom is -0.102 e. The fraction of sp³-hybridized carbons (Fsp3) is 0.600. The number of hydrogen-bond donors (Lipinski definition) is 0. The molecule has 14 heavy (non-hydrogen) atoms. The van der Waals surface area contributed by atoms with Gasteiger partial charge in [-0.15, -0.1) is 23.2 Å². The van der Waals surface area contributed by atoms with Crippen molar-refractivity contribution in [2.75, 3.05) is 0 Å². The van der Waals surface area contributed by atoms with E-state index in [0.29, 0.717) is 0 Å². The van der Waals surface area contributed by atoms with E-state index in [2.05, 4.69) is 0 Å². The molecule has 0 fully saturated rings. The van der Waals surface area contributed by atoms with Gasteiger partial charge in [-0.1, -0.05) is 61.4 Å². The largest absolute Gasteiger partial charge is 0.157 e. The Morgan fingerprint density at radius 3 is 2.29 bits per heavy atom. The van der Waals surface area contributed by atoms with Crippen LogP contribution in [0.15, 0.2) is 24.3 Å². The third-order valence-corrected chi connectivity index (χ3v) is 5.24. The Morgan fingerprint density at radius 2 is 1.86 bits per heavy atom. The first-order valence-electron chi connectivity index (χ1n) is 4.34. The van der Waals surface area contributed by atoms with Crippen LogP contribution in [0.5, 0.6) is 0 Å². The standard InChI is InChI=1S/C10H12Cl4/c1-7-5-3-4-6-9(7,2)10(13,14)8(11)12/h3-8H,1-2H3. The lowest BCUT2D eigenvalue weighted by molar-refractivity contribution is 0.290. The Morgan fingerprint density at radius 1 is 1.29 bits per heavy atom. The van der Waals surface area contributed by atoms with E-state index in [0.717, 1.165) is 0 Å². The Balaban J connectivity index is 3.06. The summed E-state index contributed by atoms with van der Waals surface area (Å²) in [4.78, 5) is -0.825. The van der Waals surface area contributed by atoms with Gasteiger partial charge < -0.3 is 0 Å². The molecule has 0 saturated carbocycles. The number of rotatable bonds is 2. The van der Waals surface area contributed by atoms with Crippen molar-refractivity contribution in [3.05, 3.63) is 24.3 Å². The summed E-state index contributed by atoms with van der Waals surface area (Å²) in [5, 5.41) is 0. The SMILES string of the molecule is CC1C=CC=CC1(C)C(Cl)(Cl)C(Cl)Cl. The van der Waals surface area contributed by atoms with Crippen molar-refractivity contribution in [3.8, 4) is 0 Å². The first kappa shape index (κ1) is 12.7. The van der Waals surface area contributed by atoms with E-state index in [1.807, 2.05) is 38.2 Å². The summed E-state index contributed by atoms with van der Waals surface area (Å²) in [6.07, 6.45) is 7.87. The molecule has 0 saturated heterocycles. The molecular formula is C10H12Cl4. The van der Waals surface area contributed by atoms with Gasteiger partial charge in [0.25, 0.3) is 0 Å². The zero-order chi connectivity index (χ0) is 11.0. The molecule has 0 heterocycles. The van der Waals surface area contributed by atoms with Crippen LogP contribution < -0.4 is 0 Å². The average molecular weight is 274 g/mol. The van der Waals surface area contributed by atoms with Gasteiger partial charge >= 0.3 is 0 Å². The fourth-order valence-corrected chi connectivity index (χ4v) is 2.43. The van der Waals surface area contributed by atoms with Crippen LogP contribution in [-0.4, -0.2) is 9.17 Å². The second kappa shape index (κ2) is 4.25. The molecule has 80 valence electrons. The highest BCUT2D eigenvalue weighted by atomic mass is 35.5. The first-order chi connectivity index (χ1) is 6.32. The molecule has 0 spiro atoms. The summed E-state index contributed by atoms with van der Waals surface area (Å²) in [6.45, 7) is 3.99. The predicted molar refractivity (Wildman–Crippen MR) is 65.5 cm³/mol. The van der Waals surface area contributed by atoms with Crippen LogP contribution in [0.3, 0.4) is 0 Å². The highest BCUT2D eigenvalue weighted by Gasteiger charge is 2.51. The maximum atomic E-state index is 6.20. The summed E-state index contributed by atoms with van der Waals surface area (Å²) in [6, 6.07) is 0. The summed E-state index contributed by atoms with van der Waals surface area (Å²) in [5.41, 5.74) is -0.445. The maximum absolute atomic E-state index is 6.20. The second-order valence-electron chi connectivity index (χ2n) is 3.74. The topological polar surface area (TPSA) is 0 Å². The molecule has 1 aliphatic rings. The lowest BCUT2D eigenvalue weighted by Crippen LogP contribution is -2.45. The molecule has 0 aromatic heterocycles. The second-order valence-corrected chi connectivity index (χ2v) is 6.22. The van der Waals surface area contributed by atoms with Crippen LogP contribution in [0.25, 0.3) is 0 Å². The number of hydrogen-bond acceptors (Lipinski definition) is 0. The van der Waals surface area contributed by atoms with Crippen LogP contribution in [0.2, 0.25) is 0 Å². The summed E-state index contributed by atoms with van der Waals surface area (Å²) in [5.74, 6) is 0.197. The van der Waals surface area contributed by atoms with Crippen molar-refractivity contribution in [1.82, 2.24) is 0 Å². The van der Waals surface area contributed by atoms with Gasteiger partial charge in [0.1, 0.15) is 4.84 Å². The lowest BCUT2D eigenvalue weighted by atomic mass is 9.73. The van der Waals surface area contributed by atoms with E-state index in [-0.39, 0.29) is 5.92 Å². The third kappa shape index (κ3) is 1.95. The van der Waals surface area contributed by atoms with Crippen LogP contribution in [0.1, 0.15) is 13.8 Å². The molecule has 0 N–H and O–H groups in total. The van der Waals surface area contributed by atoms with Crippen molar-refractivity contribution in [1.29, 1.82) is 0 Å². The Kier molecular flexibility index (Phi) is 3.86. The maximum Gasteiger partial charge on any atom is 0.157 e. The molecule has 2 atom stereocenters. The first-order valence-corrected chi connectivity index (χ1v) is 5.97. The van der Waals surface area contributed by atoms with Gasteiger partial charge in [-0.3, -0.25) is 0 Å². The van der Waals surface area contributed by atoms with E-state index in [1.165, 1.54) is 0 Å². The smallest absolute Gasteiger partial charge is 0.102 e. The van der Waals surface area contributed by atoms with E-state index >= 15 is 0 Å². The number of alkyl halides is 4. The van der Waals surface area contributed by atoms with Gasteiger partial charge in [0, 0.05) is 5.41 Å². The van der Waals surface area contributed by atoms with Gasteiger partial charge in [-0.2, -0.15) is 0 Å². The molecule has 1 aliphatic carbocycles. The van der Waals surface area contributed by atoms with Crippen LogP contribution in [0, 0.1) is 11.3 Å². The minimum absolute atomic E-state index is 0.197. The van der Waals surface area contributed by atoms with Crippen LogP contribution in [0.4, 0.5) is 0 Å². The Labute approximate surface area is 105 Å². The Bertz CT molecular complexity index is 267. The molecule has 0 nitrogen and oxygen atoms in total. The molecular weight excluding hydrogens is 262 g/mol. The van der Waals surface area contributed by atoms with E-state index in [1.54, 1.807) is 0 Å². The quantitative estimate of drug-likeness (QED) is 0.638. The van der Waals surface area contributed by atoms with Crippen LogP contribution >= 0.6 is 46.4 Å². The van der Waals surface area contributed by atoms with E-state index < -0.39 is 14.6 Å². The molecule has 0 radical (unpaired) electrons. The van der Waals surface area contributed by atoms with Gasteiger partial charge in [-0.05, 0) is 5.92 Å². The number of allylic oxidation sites excluding steroid dienone is 4. The predicted octanol–water partition coefficient (Wildman–Crippen LogP) is 4.73. The fourth-order valence-electron chi connectivity index (χ4n) is 1.49. The monoisotopic (exact) mass is 272 g/mol. The Hall–Kier alpha value is 0.640. The highest BCUT2D eigenvalue weighted by molar-refractivity contribution is 6.60. The van der Waals surface area contributed by atoms with Crippen molar-refractivity contribution in [2.24, 2.45) is 11.3 Å². The molecule has 2 unspecified atom stereocenters. The molecule has 0 aliphatic heterocycles. The highest BCUT2D eigenvalue weighted by Crippen LogP contribution is 2.53.